The van der Waals surface area contributed by atoms with Gasteiger partial charge in [0.15, 0.2) is 0 Å². The molecule has 3 rings (SSSR count). The van der Waals surface area contributed by atoms with Gasteiger partial charge in [0.1, 0.15) is 0 Å². The van der Waals surface area contributed by atoms with Crippen LogP contribution in [0, 0.1) is 0 Å². The van der Waals surface area contributed by atoms with Crippen molar-refractivity contribution in [2.24, 2.45) is 0 Å². The van der Waals surface area contributed by atoms with E-state index in [0.717, 1.165) is 50.9 Å². The van der Waals surface area contributed by atoms with Gasteiger partial charge in [-0.15, -0.1) is 0 Å². The summed E-state index contributed by atoms with van der Waals surface area (Å²) in [4.78, 5) is 13.1. The summed E-state index contributed by atoms with van der Waals surface area (Å²) in [6.07, 6.45) is -0.626. The highest BCUT2D eigenvalue weighted by atomic mass is 19.4. The molecule has 5 nitrogen and oxygen atoms in total. The molecule has 0 aliphatic carbocycles. The molecule has 0 spiro atoms. The van der Waals surface area contributed by atoms with Gasteiger partial charge in [0.2, 0.25) is 5.95 Å². The van der Waals surface area contributed by atoms with E-state index in [1.807, 2.05) is 19.3 Å². The van der Waals surface area contributed by atoms with Crippen LogP contribution in [0.3, 0.4) is 0 Å². The molecule has 1 aliphatic heterocycles. The fraction of sp³-hybridized carbons (Fsp3) is 0.474. The maximum atomic E-state index is 12.8. The number of alkyl halides is 3. The Labute approximate surface area is 157 Å². The van der Waals surface area contributed by atoms with E-state index in [4.69, 9.17) is 0 Å². The normalized spacial score (nSPS) is 16.4. The average Bonchev–Trinajstić information content (AvgIpc) is 2.65. The van der Waals surface area contributed by atoms with Gasteiger partial charge in [-0.1, -0.05) is 18.2 Å². The second-order valence-corrected chi connectivity index (χ2v) is 6.70. The van der Waals surface area contributed by atoms with Crippen molar-refractivity contribution in [2.45, 2.75) is 26.2 Å². The van der Waals surface area contributed by atoms with Gasteiger partial charge in [-0.3, -0.25) is 9.80 Å². The Bertz CT molecular complexity index is 725. The summed E-state index contributed by atoms with van der Waals surface area (Å²) in [7, 11) is 0. The lowest BCUT2D eigenvalue weighted by Gasteiger charge is -2.34. The van der Waals surface area contributed by atoms with Gasteiger partial charge in [0.05, 0.1) is 5.56 Å². The molecular formula is C19H24F3N5. The number of piperazine rings is 1. The molecule has 0 bridgehead atoms. The summed E-state index contributed by atoms with van der Waals surface area (Å²) in [5.74, 6) is 0.632. The first-order valence-corrected chi connectivity index (χ1v) is 9.09. The Morgan fingerprint density at radius 3 is 2.11 bits per heavy atom. The number of benzene rings is 1. The Morgan fingerprint density at radius 1 is 0.963 bits per heavy atom. The van der Waals surface area contributed by atoms with Gasteiger partial charge in [-0.25, -0.2) is 9.97 Å². The lowest BCUT2D eigenvalue weighted by Crippen LogP contribution is -2.45. The standard InChI is InChI=1S/C19H24F3N5/c1-2-23-18-24-11-16(12-25-18)14-27-8-6-26(7-9-27)13-15-4-3-5-17(10-15)19(20,21)22/h3-5,10-12H,2,6-9,13-14H2,1H3,(H,23,24,25). The predicted octanol–water partition coefficient (Wildman–Crippen LogP) is 3.25. The van der Waals surface area contributed by atoms with Crippen molar-refractivity contribution in [2.75, 3.05) is 38.0 Å². The van der Waals surface area contributed by atoms with Crippen LogP contribution in [0.4, 0.5) is 19.1 Å². The molecule has 2 heterocycles. The smallest absolute Gasteiger partial charge is 0.355 e. The minimum Gasteiger partial charge on any atom is -0.355 e. The van der Waals surface area contributed by atoms with Gasteiger partial charge in [0.25, 0.3) is 0 Å². The molecule has 0 radical (unpaired) electrons. The highest BCUT2D eigenvalue weighted by Gasteiger charge is 2.30. The molecule has 1 saturated heterocycles. The number of nitrogens with one attached hydrogen (secondary N) is 1. The molecule has 0 amide bonds. The molecule has 1 aliphatic rings. The first-order valence-electron chi connectivity index (χ1n) is 9.09. The summed E-state index contributed by atoms with van der Waals surface area (Å²) in [5.41, 5.74) is 1.17. The lowest BCUT2D eigenvalue weighted by molar-refractivity contribution is -0.137. The minimum atomic E-state index is -4.29. The van der Waals surface area contributed by atoms with Gasteiger partial charge < -0.3 is 5.32 Å². The van der Waals surface area contributed by atoms with E-state index in [9.17, 15) is 13.2 Å². The Balaban J connectivity index is 1.49. The molecule has 1 aromatic carbocycles. The molecule has 146 valence electrons. The molecule has 8 heteroatoms. The minimum absolute atomic E-state index is 0.540. The van der Waals surface area contributed by atoms with Crippen LogP contribution in [0.2, 0.25) is 0 Å². The second kappa shape index (κ2) is 8.67. The monoisotopic (exact) mass is 379 g/mol. The van der Waals surface area contributed by atoms with Crippen LogP contribution < -0.4 is 5.32 Å². The fourth-order valence-corrected chi connectivity index (χ4v) is 3.15. The molecule has 1 N–H and O–H groups in total. The van der Waals surface area contributed by atoms with Crippen LogP contribution >= 0.6 is 0 Å². The zero-order valence-electron chi connectivity index (χ0n) is 15.3. The third-order valence-corrected chi connectivity index (χ3v) is 4.57. The van der Waals surface area contributed by atoms with Crippen LogP contribution in [0.5, 0.6) is 0 Å². The zero-order valence-corrected chi connectivity index (χ0v) is 15.3. The number of aromatic nitrogens is 2. The van der Waals surface area contributed by atoms with E-state index < -0.39 is 11.7 Å². The van der Waals surface area contributed by atoms with E-state index in [1.165, 1.54) is 12.1 Å². The van der Waals surface area contributed by atoms with Gasteiger partial charge in [-0.2, -0.15) is 13.2 Å². The van der Waals surface area contributed by atoms with Crippen LogP contribution in [0.15, 0.2) is 36.7 Å². The van der Waals surface area contributed by atoms with Crippen molar-refractivity contribution in [3.63, 3.8) is 0 Å². The number of hydrogen-bond acceptors (Lipinski definition) is 5. The summed E-state index contributed by atoms with van der Waals surface area (Å²) in [6, 6.07) is 5.59. The summed E-state index contributed by atoms with van der Waals surface area (Å²) in [5, 5.41) is 3.07. The zero-order chi connectivity index (χ0) is 19.3. The molecule has 0 atom stereocenters. The van der Waals surface area contributed by atoms with E-state index in [2.05, 4.69) is 25.1 Å². The molecule has 1 fully saturated rings. The van der Waals surface area contributed by atoms with E-state index in [-0.39, 0.29) is 0 Å². The van der Waals surface area contributed by atoms with Crippen molar-refractivity contribution in [3.05, 3.63) is 53.3 Å². The highest BCUT2D eigenvalue weighted by Crippen LogP contribution is 2.29. The Morgan fingerprint density at radius 2 is 1.56 bits per heavy atom. The Hall–Kier alpha value is -2.19. The fourth-order valence-electron chi connectivity index (χ4n) is 3.15. The molecule has 27 heavy (non-hydrogen) atoms. The molecular weight excluding hydrogens is 355 g/mol. The second-order valence-electron chi connectivity index (χ2n) is 6.70. The third kappa shape index (κ3) is 5.64. The number of nitrogens with zero attached hydrogens (tertiary/aromatic N) is 4. The maximum absolute atomic E-state index is 12.8. The van der Waals surface area contributed by atoms with Crippen molar-refractivity contribution in [1.29, 1.82) is 0 Å². The first-order chi connectivity index (χ1) is 12.9. The largest absolute Gasteiger partial charge is 0.416 e. The lowest BCUT2D eigenvalue weighted by atomic mass is 10.1. The average molecular weight is 379 g/mol. The van der Waals surface area contributed by atoms with Crippen LogP contribution in [-0.2, 0) is 19.3 Å². The topological polar surface area (TPSA) is 44.3 Å². The van der Waals surface area contributed by atoms with Crippen molar-refractivity contribution < 1.29 is 13.2 Å². The number of hydrogen-bond donors (Lipinski definition) is 1. The first kappa shape index (κ1) is 19.6. The van der Waals surface area contributed by atoms with Gasteiger partial charge in [0, 0.05) is 63.8 Å². The number of halogens is 3. The van der Waals surface area contributed by atoms with Crippen LogP contribution in [0.1, 0.15) is 23.6 Å². The van der Waals surface area contributed by atoms with E-state index >= 15 is 0 Å². The van der Waals surface area contributed by atoms with Gasteiger partial charge in [-0.05, 0) is 18.6 Å². The van der Waals surface area contributed by atoms with Crippen LogP contribution in [-0.4, -0.2) is 52.5 Å². The summed E-state index contributed by atoms with van der Waals surface area (Å²) >= 11 is 0. The van der Waals surface area contributed by atoms with Crippen molar-refractivity contribution >= 4 is 5.95 Å². The molecule has 0 unspecified atom stereocenters. The van der Waals surface area contributed by atoms with Crippen LogP contribution in [0.25, 0.3) is 0 Å². The van der Waals surface area contributed by atoms with E-state index in [1.54, 1.807) is 6.07 Å². The molecule has 1 aromatic heterocycles. The molecule has 2 aromatic rings. The third-order valence-electron chi connectivity index (χ3n) is 4.57. The van der Waals surface area contributed by atoms with Crippen molar-refractivity contribution in [3.8, 4) is 0 Å². The van der Waals surface area contributed by atoms with E-state index in [0.29, 0.717) is 18.1 Å². The highest BCUT2D eigenvalue weighted by molar-refractivity contribution is 5.26. The quantitative estimate of drug-likeness (QED) is 0.835. The SMILES string of the molecule is CCNc1ncc(CN2CCN(Cc3cccc(C(F)(F)F)c3)CC2)cn1. The van der Waals surface area contributed by atoms with Crippen molar-refractivity contribution in [1.82, 2.24) is 19.8 Å². The van der Waals surface area contributed by atoms with Gasteiger partial charge >= 0.3 is 6.18 Å². The molecule has 0 saturated carbocycles. The number of rotatable bonds is 6. The number of anilines is 1. The summed E-state index contributed by atoms with van der Waals surface area (Å²) < 4.78 is 38.5. The maximum Gasteiger partial charge on any atom is 0.416 e. The summed E-state index contributed by atoms with van der Waals surface area (Å²) in [6.45, 7) is 7.49. The Kier molecular flexibility index (Phi) is 6.28. The predicted molar refractivity (Wildman–Crippen MR) is 98.2 cm³/mol.